The molecule has 3 aliphatic rings. The van der Waals surface area contributed by atoms with Gasteiger partial charge in [-0.1, -0.05) is 48.0 Å². The topological polar surface area (TPSA) is 64.8 Å². The van der Waals surface area contributed by atoms with E-state index in [0.29, 0.717) is 18.1 Å². The lowest BCUT2D eigenvalue weighted by Crippen LogP contribution is -2.42. The molecule has 0 aromatic heterocycles. The van der Waals surface area contributed by atoms with Crippen molar-refractivity contribution in [3.05, 3.63) is 65.7 Å². The van der Waals surface area contributed by atoms with Gasteiger partial charge >= 0.3 is 0 Å². The number of rotatable bonds is 5. The zero-order valence-electron chi connectivity index (χ0n) is 14.9. The molecule has 0 spiro atoms. The predicted octanol–water partition coefficient (Wildman–Crippen LogP) is 2.08. The molecular formula is C20H21NO5S. The molecule has 2 aromatic carbocycles. The van der Waals surface area contributed by atoms with Crippen molar-refractivity contribution in [1.82, 2.24) is 4.31 Å². The Morgan fingerprint density at radius 2 is 1.81 bits per heavy atom. The van der Waals surface area contributed by atoms with E-state index in [1.807, 2.05) is 49.4 Å². The summed E-state index contributed by atoms with van der Waals surface area (Å²) in [5.74, 6) is 0. The van der Waals surface area contributed by atoms with Crippen molar-refractivity contribution in [3.8, 4) is 0 Å². The molecule has 3 heterocycles. The van der Waals surface area contributed by atoms with Crippen LogP contribution in [0.3, 0.4) is 0 Å². The Kier molecular flexibility index (Phi) is 4.10. The third-order valence-corrected chi connectivity index (χ3v) is 7.35. The Hall–Kier alpha value is -1.77. The van der Waals surface area contributed by atoms with Crippen LogP contribution in [0, 0.1) is 6.92 Å². The van der Waals surface area contributed by atoms with E-state index in [-0.39, 0.29) is 24.3 Å². The lowest BCUT2D eigenvalue weighted by atomic mass is 10.1. The summed E-state index contributed by atoms with van der Waals surface area (Å²) in [4.78, 5) is 0.292. The average molecular weight is 387 g/mol. The fraction of sp³-hybridized carbons (Fsp3) is 0.400. The maximum absolute atomic E-state index is 13.1. The lowest BCUT2D eigenvalue weighted by Gasteiger charge is -2.25. The molecule has 3 aliphatic heterocycles. The van der Waals surface area contributed by atoms with E-state index in [0.717, 1.165) is 11.1 Å². The zero-order chi connectivity index (χ0) is 18.6. The lowest BCUT2D eigenvalue weighted by molar-refractivity contribution is -0.121. The van der Waals surface area contributed by atoms with Crippen LogP contribution in [0.25, 0.3) is 0 Å². The van der Waals surface area contributed by atoms with E-state index >= 15 is 0 Å². The van der Waals surface area contributed by atoms with Gasteiger partial charge in [-0.05, 0) is 24.6 Å². The molecule has 0 aliphatic carbocycles. The Morgan fingerprint density at radius 1 is 1.07 bits per heavy atom. The van der Waals surface area contributed by atoms with E-state index in [2.05, 4.69) is 0 Å². The summed E-state index contributed by atoms with van der Waals surface area (Å²) in [6, 6.07) is 16.2. The highest BCUT2D eigenvalue weighted by atomic mass is 32.2. The van der Waals surface area contributed by atoms with Gasteiger partial charge in [-0.3, -0.25) is 0 Å². The van der Waals surface area contributed by atoms with Crippen LogP contribution in [0.15, 0.2) is 59.5 Å². The number of ether oxygens (including phenoxy) is 3. The van der Waals surface area contributed by atoms with Crippen molar-refractivity contribution in [3.63, 3.8) is 0 Å². The zero-order valence-corrected chi connectivity index (χ0v) is 15.7. The molecule has 0 radical (unpaired) electrons. The summed E-state index contributed by atoms with van der Waals surface area (Å²) < 4.78 is 45.4. The molecule has 6 nitrogen and oxygen atoms in total. The Labute approximate surface area is 158 Å². The molecule has 6 atom stereocenters. The van der Waals surface area contributed by atoms with Crippen LogP contribution in [-0.4, -0.2) is 49.9 Å². The number of hydrogen-bond acceptors (Lipinski definition) is 5. The predicted molar refractivity (Wildman–Crippen MR) is 97.4 cm³/mol. The van der Waals surface area contributed by atoms with Gasteiger partial charge in [0, 0.05) is 0 Å². The van der Waals surface area contributed by atoms with Gasteiger partial charge in [0.2, 0.25) is 10.0 Å². The van der Waals surface area contributed by atoms with Gasteiger partial charge in [0.25, 0.3) is 0 Å². The van der Waals surface area contributed by atoms with Gasteiger partial charge in [0.1, 0.15) is 12.2 Å². The molecule has 0 saturated carbocycles. The van der Waals surface area contributed by atoms with E-state index in [1.165, 1.54) is 4.31 Å². The van der Waals surface area contributed by atoms with Crippen LogP contribution in [0.5, 0.6) is 0 Å². The first-order valence-corrected chi connectivity index (χ1v) is 10.5. The van der Waals surface area contributed by atoms with Gasteiger partial charge < -0.3 is 14.2 Å². The number of sulfonamides is 1. The van der Waals surface area contributed by atoms with E-state index in [4.69, 9.17) is 14.2 Å². The fourth-order valence-corrected chi connectivity index (χ4v) is 5.78. The third-order valence-electron chi connectivity index (χ3n) is 5.45. The number of hydrogen-bond donors (Lipinski definition) is 0. The average Bonchev–Trinajstić information content (AvgIpc) is 3.30. The maximum Gasteiger partial charge on any atom is 0.243 e. The van der Waals surface area contributed by atoms with Crippen molar-refractivity contribution in [2.45, 2.75) is 49.0 Å². The van der Waals surface area contributed by atoms with Crippen molar-refractivity contribution >= 4 is 10.0 Å². The number of benzene rings is 2. The smallest absolute Gasteiger partial charge is 0.243 e. The number of nitrogens with zero attached hydrogens (tertiary/aromatic N) is 1. The van der Waals surface area contributed by atoms with Gasteiger partial charge in [-0.2, -0.15) is 4.31 Å². The van der Waals surface area contributed by atoms with E-state index < -0.39 is 16.3 Å². The molecule has 142 valence electrons. The van der Waals surface area contributed by atoms with Crippen molar-refractivity contribution in [1.29, 1.82) is 0 Å². The third kappa shape index (κ3) is 2.90. The van der Waals surface area contributed by atoms with Gasteiger partial charge in [-0.15, -0.1) is 0 Å². The van der Waals surface area contributed by atoms with Crippen LogP contribution in [0.1, 0.15) is 11.1 Å². The maximum atomic E-state index is 13.1. The molecule has 0 N–H and O–H groups in total. The Morgan fingerprint density at radius 3 is 2.56 bits per heavy atom. The van der Waals surface area contributed by atoms with Gasteiger partial charge in [-0.25, -0.2) is 8.42 Å². The first kappa shape index (κ1) is 17.3. The molecule has 0 amide bonds. The molecule has 7 heteroatoms. The highest BCUT2D eigenvalue weighted by Gasteiger charge is 2.70. The van der Waals surface area contributed by atoms with Gasteiger partial charge in [0.15, 0.2) is 6.29 Å². The minimum absolute atomic E-state index is 0.238. The molecule has 2 aromatic rings. The first-order valence-electron chi connectivity index (χ1n) is 9.08. The molecule has 2 bridgehead atoms. The summed E-state index contributed by atoms with van der Waals surface area (Å²) in [6.07, 6.45) is -1.08. The summed E-state index contributed by atoms with van der Waals surface area (Å²) >= 11 is 0. The minimum atomic E-state index is -3.61. The largest absolute Gasteiger partial charge is 0.369 e. The second-order valence-corrected chi connectivity index (χ2v) is 9.11. The monoisotopic (exact) mass is 387 g/mol. The van der Waals surface area contributed by atoms with Gasteiger partial charge in [0.05, 0.1) is 30.2 Å². The highest BCUT2D eigenvalue weighted by molar-refractivity contribution is 7.89. The quantitative estimate of drug-likeness (QED) is 0.735. The van der Waals surface area contributed by atoms with Crippen molar-refractivity contribution in [2.75, 3.05) is 6.61 Å². The van der Waals surface area contributed by atoms with E-state index in [1.54, 1.807) is 12.1 Å². The van der Waals surface area contributed by atoms with Crippen molar-refractivity contribution < 1.29 is 22.6 Å². The van der Waals surface area contributed by atoms with Crippen LogP contribution in [-0.2, 0) is 30.8 Å². The second-order valence-electron chi connectivity index (χ2n) is 7.27. The second kappa shape index (κ2) is 6.39. The first-order chi connectivity index (χ1) is 13.1. The van der Waals surface area contributed by atoms with Crippen molar-refractivity contribution in [2.24, 2.45) is 0 Å². The molecule has 27 heavy (non-hydrogen) atoms. The number of aryl methyl sites for hydroxylation is 1. The molecule has 3 saturated heterocycles. The fourth-order valence-electron chi connectivity index (χ4n) is 4.00. The van der Waals surface area contributed by atoms with E-state index in [9.17, 15) is 8.42 Å². The Bertz CT molecular complexity index is 931. The number of fused-ring (bicyclic) bond motifs is 4. The normalized spacial score (nSPS) is 34.3. The molecule has 5 rings (SSSR count). The SMILES string of the molecule is Cc1ccc(S(=O)(=O)N2[C@@H]3[C@@H]4OC[C@@H](O4)[C@@H](OCc4ccccc4)[C@@H]32)cc1. The molecule has 3 fully saturated rings. The Balaban J connectivity index is 1.39. The van der Waals surface area contributed by atoms with Crippen LogP contribution in [0.2, 0.25) is 0 Å². The minimum Gasteiger partial charge on any atom is -0.369 e. The summed E-state index contributed by atoms with van der Waals surface area (Å²) in [7, 11) is -3.61. The van der Waals surface area contributed by atoms with Crippen LogP contribution < -0.4 is 0 Å². The summed E-state index contributed by atoms with van der Waals surface area (Å²) in [6.45, 7) is 2.79. The highest BCUT2D eigenvalue weighted by Crippen LogP contribution is 2.49. The van der Waals surface area contributed by atoms with Crippen LogP contribution >= 0.6 is 0 Å². The molecule has 1 unspecified atom stereocenters. The standard InChI is InChI=1S/C20H21NO5S/c1-13-7-9-15(10-8-13)27(22,23)21-17-18(21)20-25-12-16(26-20)19(17)24-11-14-5-3-2-4-6-14/h2-10,16-20H,11-12H2,1H3/t16-,17-,18+,19-,20-,21?/m1/s1. The summed E-state index contributed by atoms with van der Waals surface area (Å²) in [5, 5.41) is 0. The summed E-state index contributed by atoms with van der Waals surface area (Å²) in [5.41, 5.74) is 2.07. The molecular weight excluding hydrogens is 366 g/mol. The van der Waals surface area contributed by atoms with Crippen LogP contribution in [0.4, 0.5) is 0 Å².